The quantitative estimate of drug-likeness (QED) is 0.832. The van der Waals surface area contributed by atoms with E-state index in [4.69, 9.17) is 4.74 Å². The van der Waals surface area contributed by atoms with Gasteiger partial charge >= 0.3 is 0 Å². The molecule has 0 radical (unpaired) electrons. The number of ether oxygens (including phenoxy) is 1. The molecule has 0 saturated carbocycles. The molecule has 2 aromatic rings. The van der Waals surface area contributed by atoms with Gasteiger partial charge in [0, 0.05) is 27.8 Å². The maximum atomic E-state index is 5.55. The van der Waals surface area contributed by atoms with E-state index in [0.29, 0.717) is 17.8 Å². The van der Waals surface area contributed by atoms with Crippen LogP contribution in [0.1, 0.15) is 26.3 Å². The molecule has 0 fully saturated rings. The van der Waals surface area contributed by atoms with Gasteiger partial charge in [0.25, 0.3) is 0 Å². The Kier molecular flexibility index (Phi) is 3.40. The van der Waals surface area contributed by atoms with E-state index in [-0.39, 0.29) is 0 Å². The fraction of sp³-hybridized carbons (Fsp3) is 0.438. The lowest BCUT2D eigenvalue weighted by atomic mass is 10.0. The smallest absolute Gasteiger partial charge is 0.121 e. The van der Waals surface area contributed by atoms with Crippen LogP contribution >= 0.6 is 11.8 Å². The second-order valence-corrected chi connectivity index (χ2v) is 6.58. The number of fused-ring (bicyclic) bond motifs is 3. The highest BCUT2D eigenvalue weighted by Gasteiger charge is 2.26. The van der Waals surface area contributed by atoms with Gasteiger partial charge in [-0.05, 0) is 37.0 Å². The molecule has 1 aliphatic heterocycles. The van der Waals surface area contributed by atoms with Crippen LogP contribution in [-0.4, -0.2) is 16.8 Å². The summed E-state index contributed by atoms with van der Waals surface area (Å²) in [6.45, 7) is 7.29. The molecule has 2 nitrogen and oxygen atoms in total. The topological polar surface area (TPSA) is 22.1 Å². The number of pyridine rings is 1. The van der Waals surface area contributed by atoms with E-state index in [2.05, 4.69) is 31.0 Å². The second kappa shape index (κ2) is 5.04. The molecule has 1 atom stereocenters. The van der Waals surface area contributed by atoms with Gasteiger partial charge in [0.2, 0.25) is 0 Å². The largest absolute Gasteiger partial charge is 0.494 e. The Hall–Kier alpha value is -1.22. The monoisotopic (exact) mass is 273 g/mol. The number of hydrogen-bond donors (Lipinski definition) is 0. The van der Waals surface area contributed by atoms with Crippen molar-refractivity contribution < 1.29 is 4.74 Å². The molecule has 19 heavy (non-hydrogen) atoms. The van der Waals surface area contributed by atoms with Crippen LogP contribution in [0, 0.1) is 5.92 Å². The van der Waals surface area contributed by atoms with E-state index in [0.717, 1.165) is 17.7 Å². The Labute approximate surface area is 118 Å². The van der Waals surface area contributed by atoms with Gasteiger partial charge in [-0.2, -0.15) is 0 Å². The summed E-state index contributed by atoms with van der Waals surface area (Å²) in [6, 6.07) is 6.25. The van der Waals surface area contributed by atoms with Crippen LogP contribution in [0.25, 0.3) is 10.9 Å². The van der Waals surface area contributed by atoms with E-state index < -0.39 is 0 Å². The number of benzene rings is 1. The summed E-state index contributed by atoms with van der Waals surface area (Å²) in [5.41, 5.74) is 2.45. The van der Waals surface area contributed by atoms with Crippen molar-refractivity contribution in [3.63, 3.8) is 0 Å². The summed E-state index contributed by atoms with van der Waals surface area (Å²) in [6.07, 6.45) is 3.19. The molecule has 1 aliphatic rings. The lowest BCUT2D eigenvalue weighted by Crippen LogP contribution is -2.08. The fourth-order valence-corrected chi connectivity index (χ4v) is 3.94. The zero-order valence-electron chi connectivity index (χ0n) is 11.6. The second-order valence-electron chi connectivity index (χ2n) is 5.33. The van der Waals surface area contributed by atoms with Crippen LogP contribution in [0.3, 0.4) is 0 Å². The Morgan fingerprint density at radius 2 is 2.26 bits per heavy atom. The van der Waals surface area contributed by atoms with Crippen LogP contribution in [0.4, 0.5) is 0 Å². The van der Waals surface area contributed by atoms with E-state index in [1.807, 2.05) is 30.9 Å². The van der Waals surface area contributed by atoms with Gasteiger partial charge in [-0.1, -0.05) is 13.8 Å². The van der Waals surface area contributed by atoms with Crippen molar-refractivity contribution >= 4 is 22.7 Å². The van der Waals surface area contributed by atoms with Crippen molar-refractivity contribution in [3.05, 3.63) is 30.0 Å². The molecule has 3 heteroatoms. The van der Waals surface area contributed by atoms with Crippen LogP contribution in [0.15, 0.2) is 29.3 Å². The molecule has 2 heterocycles. The molecule has 0 aliphatic carbocycles. The highest BCUT2D eigenvalue weighted by atomic mass is 32.2. The summed E-state index contributed by atoms with van der Waals surface area (Å²) in [4.78, 5) is 6.02. The molecule has 0 bridgehead atoms. The first kappa shape index (κ1) is 12.8. The van der Waals surface area contributed by atoms with Crippen molar-refractivity contribution in [1.82, 2.24) is 4.98 Å². The summed E-state index contributed by atoms with van der Waals surface area (Å²) < 4.78 is 5.55. The minimum Gasteiger partial charge on any atom is -0.494 e. The van der Waals surface area contributed by atoms with Crippen molar-refractivity contribution in [2.75, 3.05) is 6.61 Å². The normalized spacial score (nSPS) is 18.0. The van der Waals surface area contributed by atoms with Gasteiger partial charge in [0.15, 0.2) is 0 Å². The van der Waals surface area contributed by atoms with Crippen molar-refractivity contribution in [1.29, 1.82) is 0 Å². The third kappa shape index (κ3) is 2.32. The SMILES string of the molecule is CCOc1ccc2c3c(cnc2c1)CC(C(C)C)S3. The Bertz CT molecular complexity index is 609. The number of rotatable bonds is 3. The number of hydrogen-bond acceptors (Lipinski definition) is 3. The third-order valence-electron chi connectivity index (χ3n) is 3.61. The number of thioether (sulfide) groups is 1. The Morgan fingerprint density at radius 3 is 3.00 bits per heavy atom. The van der Waals surface area contributed by atoms with Crippen molar-refractivity contribution in [2.24, 2.45) is 5.92 Å². The standard InChI is InChI=1S/C16H19NOS/c1-4-18-12-5-6-13-14(8-12)17-9-11-7-15(10(2)3)19-16(11)13/h5-6,8-10,15H,4,7H2,1-3H3. The number of nitrogens with zero attached hydrogens (tertiary/aromatic N) is 1. The van der Waals surface area contributed by atoms with Crippen LogP contribution in [0.2, 0.25) is 0 Å². The van der Waals surface area contributed by atoms with Gasteiger partial charge in [0.05, 0.1) is 12.1 Å². The molecule has 0 N–H and O–H groups in total. The minimum atomic E-state index is 0.689. The lowest BCUT2D eigenvalue weighted by Gasteiger charge is -2.11. The molecule has 100 valence electrons. The summed E-state index contributed by atoms with van der Waals surface area (Å²) in [5.74, 6) is 1.61. The lowest BCUT2D eigenvalue weighted by molar-refractivity contribution is 0.340. The molecule has 1 aromatic carbocycles. The highest BCUT2D eigenvalue weighted by Crippen LogP contribution is 2.43. The average Bonchev–Trinajstić information content (AvgIpc) is 2.83. The zero-order valence-corrected chi connectivity index (χ0v) is 12.5. The first-order valence-electron chi connectivity index (χ1n) is 6.90. The predicted octanol–water partition coefficient (Wildman–Crippen LogP) is 4.31. The van der Waals surface area contributed by atoms with Crippen LogP contribution in [0.5, 0.6) is 5.75 Å². The first-order chi connectivity index (χ1) is 9.19. The van der Waals surface area contributed by atoms with Gasteiger partial charge in [-0.25, -0.2) is 0 Å². The summed E-state index contributed by atoms with van der Waals surface area (Å²) in [7, 11) is 0. The van der Waals surface area contributed by atoms with E-state index in [9.17, 15) is 0 Å². The number of aromatic nitrogens is 1. The van der Waals surface area contributed by atoms with Gasteiger partial charge in [-0.15, -0.1) is 11.8 Å². The maximum absolute atomic E-state index is 5.55. The summed E-state index contributed by atoms with van der Waals surface area (Å²) in [5, 5.41) is 1.96. The molecule has 0 saturated heterocycles. The maximum Gasteiger partial charge on any atom is 0.121 e. The van der Waals surface area contributed by atoms with Gasteiger partial charge in [0.1, 0.15) is 5.75 Å². The first-order valence-corrected chi connectivity index (χ1v) is 7.78. The van der Waals surface area contributed by atoms with E-state index >= 15 is 0 Å². The third-order valence-corrected chi connectivity index (χ3v) is 5.34. The van der Waals surface area contributed by atoms with Crippen molar-refractivity contribution in [2.45, 2.75) is 37.3 Å². The molecule has 0 amide bonds. The Balaban J connectivity index is 2.03. The minimum absolute atomic E-state index is 0.689. The van der Waals surface area contributed by atoms with Gasteiger partial charge in [-0.3, -0.25) is 4.98 Å². The van der Waals surface area contributed by atoms with Crippen molar-refractivity contribution in [3.8, 4) is 5.75 Å². The average molecular weight is 273 g/mol. The Morgan fingerprint density at radius 1 is 1.42 bits per heavy atom. The molecule has 1 unspecified atom stereocenters. The fourth-order valence-electron chi connectivity index (χ4n) is 2.51. The molecule has 0 spiro atoms. The molecular weight excluding hydrogens is 254 g/mol. The molecule has 3 rings (SSSR count). The van der Waals surface area contributed by atoms with Gasteiger partial charge < -0.3 is 4.74 Å². The van der Waals surface area contributed by atoms with Crippen LogP contribution < -0.4 is 4.74 Å². The predicted molar refractivity (Wildman–Crippen MR) is 81.1 cm³/mol. The van der Waals surface area contributed by atoms with E-state index in [1.54, 1.807) is 0 Å². The molecular formula is C16H19NOS. The molecule has 1 aromatic heterocycles. The van der Waals surface area contributed by atoms with Crippen LogP contribution in [-0.2, 0) is 6.42 Å². The summed E-state index contributed by atoms with van der Waals surface area (Å²) >= 11 is 2.01. The zero-order chi connectivity index (χ0) is 13.4. The highest BCUT2D eigenvalue weighted by molar-refractivity contribution is 8.00. The van der Waals surface area contributed by atoms with E-state index in [1.165, 1.54) is 15.8 Å².